The summed E-state index contributed by atoms with van der Waals surface area (Å²) in [5, 5.41) is 0. The van der Waals surface area contributed by atoms with Crippen molar-refractivity contribution in [3.63, 3.8) is 0 Å². The lowest BCUT2D eigenvalue weighted by Crippen LogP contribution is -1.96. The van der Waals surface area contributed by atoms with Gasteiger partial charge in [0.2, 0.25) is 0 Å². The first-order valence-corrected chi connectivity index (χ1v) is 6.00. The number of esters is 1. The van der Waals surface area contributed by atoms with E-state index < -0.39 is 0 Å². The van der Waals surface area contributed by atoms with Crippen molar-refractivity contribution in [1.82, 2.24) is 0 Å². The van der Waals surface area contributed by atoms with Gasteiger partial charge in [-0.2, -0.15) is 0 Å². The molecule has 0 spiro atoms. The van der Waals surface area contributed by atoms with Gasteiger partial charge in [-0.05, 0) is 31.2 Å². The predicted molar refractivity (Wildman–Crippen MR) is 71.9 cm³/mol. The highest BCUT2D eigenvalue weighted by atomic mass is 16.5. The van der Waals surface area contributed by atoms with Crippen LogP contribution in [0.15, 0.2) is 58.5 Å². The van der Waals surface area contributed by atoms with Crippen molar-refractivity contribution < 1.29 is 13.9 Å². The summed E-state index contributed by atoms with van der Waals surface area (Å²) in [5.74, 6) is 1.67. The molecule has 0 bridgehead atoms. The molecule has 0 amide bonds. The van der Waals surface area contributed by atoms with E-state index in [0.29, 0.717) is 17.1 Å². The van der Waals surface area contributed by atoms with Gasteiger partial charge in [0, 0.05) is 5.56 Å². The minimum absolute atomic E-state index is 0.354. The molecule has 1 aliphatic heterocycles. The number of carbonyl (C=O) groups is 1. The van der Waals surface area contributed by atoms with E-state index in [9.17, 15) is 4.79 Å². The Kier molecular flexibility index (Phi) is 2.80. The SMILES string of the molecule is Cc1ccc(/C=C2\C=C(c3ccccc3)OC2=O)o1. The normalized spacial score (nSPS) is 16.6. The van der Waals surface area contributed by atoms with Gasteiger partial charge in [0.05, 0.1) is 5.57 Å². The number of rotatable bonds is 2. The predicted octanol–water partition coefficient (Wildman–Crippen LogP) is 3.57. The number of carbonyl (C=O) groups excluding carboxylic acids is 1. The van der Waals surface area contributed by atoms with Gasteiger partial charge >= 0.3 is 5.97 Å². The largest absolute Gasteiger partial charge is 0.462 e. The van der Waals surface area contributed by atoms with Crippen LogP contribution < -0.4 is 0 Å². The molecule has 3 rings (SSSR count). The van der Waals surface area contributed by atoms with E-state index in [1.165, 1.54) is 0 Å². The van der Waals surface area contributed by atoms with Crippen LogP contribution in [0.5, 0.6) is 0 Å². The minimum atomic E-state index is -0.354. The average Bonchev–Trinajstić information content (AvgIpc) is 2.98. The molecule has 0 aliphatic carbocycles. The smallest absolute Gasteiger partial charge is 0.343 e. The molecule has 1 aromatic carbocycles. The molecule has 3 heteroatoms. The summed E-state index contributed by atoms with van der Waals surface area (Å²) in [6.45, 7) is 1.86. The van der Waals surface area contributed by atoms with Gasteiger partial charge in [-0.1, -0.05) is 30.3 Å². The fraction of sp³-hybridized carbons (Fsp3) is 0.0625. The minimum Gasteiger partial charge on any atom is -0.462 e. The Labute approximate surface area is 110 Å². The lowest BCUT2D eigenvalue weighted by atomic mass is 10.1. The monoisotopic (exact) mass is 252 g/mol. The molecule has 3 nitrogen and oxygen atoms in total. The third-order valence-corrected chi connectivity index (χ3v) is 2.84. The lowest BCUT2D eigenvalue weighted by molar-refractivity contribution is -0.130. The summed E-state index contributed by atoms with van der Waals surface area (Å²) < 4.78 is 10.7. The maximum Gasteiger partial charge on any atom is 0.343 e. The van der Waals surface area contributed by atoms with E-state index in [2.05, 4.69) is 0 Å². The first kappa shape index (κ1) is 11.5. The summed E-state index contributed by atoms with van der Waals surface area (Å²) in [6.07, 6.45) is 3.42. The van der Waals surface area contributed by atoms with E-state index in [1.807, 2.05) is 49.4 Å². The summed E-state index contributed by atoms with van der Waals surface area (Å²) in [5.41, 5.74) is 1.38. The zero-order valence-corrected chi connectivity index (χ0v) is 10.4. The van der Waals surface area contributed by atoms with Crippen molar-refractivity contribution in [2.45, 2.75) is 6.92 Å². The van der Waals surface area contributed by atoms with Crippen LogP contribution in [0, 0.1) is 6.92 Å². The lowest BCUT2D eigenvalue weighted by Gasteiger charge is -1.99. The summed E-state index contributed by atoms with van der Waals surface area (Å²) in [6, 6.07) is 13.2. The Morgan fingerprint density at radius 1 is 1.05 bits per heavy atom. The molecule has 2 heterocycles. The van der Waals surface area contributed by atoms with E-state index in [4.69, 9.17) is 9.15 Å². The van der Waals surface area contributed by atoms with Gasteiger partial charge in [-0.25, -0.2) is 4.79 Å². The van der Waals surface area contributed by atoms with Crippen molar-refractivity contribution in [3.05, 3.63) is 71.2 Å². The highest BCUT2D eigenvalue weighted by molar-refractivity contribution is 6.04. The van der Waals surface area contributed by atoms with Crippen LogP contribution in [0.4, 0.5) is 0 Å². The number of ether oxygens (including phenoxy) is 1. The molecule has 0 saturated heterocycles. The fourth-order valence-electron chi connectivity index (χ4n) is 1.92. The molecule has 0 atom stereocenters. The first-order chi connectivity index (χ1) is 9.22. The highest BCUT2D eigenvalue weighted by Crippen LogP contribution is 2.27. The Bertz CT molecular complexity index is 675. The standard InChI is InChI=1S/C16H12O3/c1-11-7-8-14(18-11)9-13-10-15(19-16(13)17)12-5-3-2-4-6-12/h2-10H,1H3/b13-9+. The first-order valence-electron chi connectivity index (χ1n) is 6.00. The molecule has 19 heavy (non-hydrogen) atoms. The molecule has 1 aliphatic rings. The highest BCUT2D eigenvalue weighted by Gasteiger charge is 2.22. The molecule has 94 valence electrons. The molecular formula is C16H12O3. The molecule has 0 unspecified atom stereocenters. The Morgan fingerprint density at radius 3 is 2.53 bits per heavy atom. The van der Waals surface area contributed by atoms with Crippen LogP contribution in [-0.4, -0.2) is 5.97 Å². The fourth-order valence-corrected chi connectivity index (χ4v) is 1.92. The molecular weight excluding hydrogens is 240 g/mol. The van der Waals surface area contributed by atoms with Crippen LogP contribution in [0.3, 0.4) is 0 Å². The van der Waals surface area contributed by atoms with E-state index in [0.717, 1.165) is 11.3 Å². The van der Waals surface area contributed by atoms with Crippen LogP contribution in [0.1, 0.15) is 17.1 Å². The van der Waals surface area contributed by atoms with E-state index in [-0.39, 0.29) is 5.97 Å². The maximum atomic E-state index is 11.8. The third kappa shape index (κ3) is 2.36. The molecule has 0 radical (unpaired) electrons. The van der Waals surface area contributed by atoms with Crippen LogP contribution >= 0.6 is 0 Å². The van der Waals surface area contributed by atoms with Gasteiger partial charge in [0.25, 0.3) is 0 Å². The second kappa shape index (κ2) is 4.61. The molecule has 2 aromatic rings. The van der Waals surface area contributed by atoms with Gasteiger partial charge in [0.15, 0.2) is 0 Å². The maximum absolute atomic E-state index is 11.8. The summed E-state index contributed by atoms with van der Waals surface area (Å²) >= 11 is 0. The van der Waals surface area contributed by atoms with Crippen LogP contribution in [-0.2, 0) is 9.53 Å². The summed E-state index contributed by atoms with van der Waals surface area (Å²) in [4.78, 5) is 11.8. The van der Waals surface area contributed by atoms with Crippen molar-refractivity contribution >= 4 is 17.8 Å². The quantitative estimate of drug-likeness (QED) is 0.606. The van der Waals surface area contributed by atoms with Gasteiger partial charge in [0.1, 0.15) is 17.3 Å². The number of aryl methyl sites for hydroxylation is 1. The van der Waals surface area contributed by atoms with Crippen molar-refractivity contribution in [1.29, 1.82) is 0 Å². The molecule has 0 saturated carbocycles. The van der Waals surface area contributed by atoms with Gasteiger partial charge < -0.3 is 9.15 Å². The number of hydrogen-bond donors (Lipinski definition) is 0. The van der Waals surface area contributed by atoms with Crippen molar-refractivity contribution in [2.24, 2.45) is 0 Å². The Hall–Kier alpha value is -2.55. The van der Waals surface area contributed by atoms with Crippen molar-refractivity contribution in [2.75, 3.05) is 0 Å². The zero-order valence-electron chi connectivity index (χ0n) is 10.4. The van der Waals surface area contributed by atoms with Gasteiger partial charge in [-0.3, -0.25) is 0 Å². The zero-order chi connectivity index (χ0) is 13.2. The number of hydrogen-bond acceptors (Lipinski definition) is 3. The second-order valence-electron chi connectivity index (χ2n) is 4.31. The molecule has 0 fully saturated rings. The number of cyclic esters (lactones) is 1. The van der Waals surface area contributed by atoms with Gasteiger partial charge in [-0.15, -0.1) is 0 Å². The third-order valence-electron chi connectivity index (χ3n) is 2.84. The molecule has 1 aromatic heterocycles. The van der Waals surface area contributed by atoms with Crippen LogP contribution in [0.25, 0.3) is 11.8 Å². The molecule has 0 N–H and O–H groups in total. The Balaban J connectivity index is 1.94. The Morgan fingerprint density at radius 2 is 1.84 bits per heavy atom. The average molecular weight is 252 g/mol. The topological polar surface area (TPSA) is 39.4 Å². The van der Waals surface area contributed by atoms with Crippen LogP contribution in [0.2, 0.25) is 0 Å². The van der Waals surface area contributed by atoms with Crippen molar-refractivity contribution in [3.8, 4) is 0 Å². The van der Waals surface area contributed by atoms with E-state index in [1.54, 1.807) is 12.2 Å². The van der Waals surface area contributed by atoms with E-state index >= 15 is 0 Å². The number of furan rings is 1. The number of benzene rings is 1. The second-order valence-corrected chi connectivity index (χ2v) is 4.31. The summed E-state index contributed by atoms with van der Waals surface area (Å²) in [7, 11) is 0.